The molecule has 0 spiro atoms. The van der Waals surface area contributed by atoms with Crippen molar-refractivity contribution in [2.24, 2.45) is 0 Å². The first-order valence-corrected chi connectivity index (χ1v) is 12.7. The summed E-state index contributed by atoms with van der Waals surface area (Å²) < 4.78 is 55.8. The number of hydrogen-bond acceptors (Lipinski definition) is 6. The van der Waals surface area contributed by atoms with Crippen molar-refractivity contribution in [3.05, 3.63) is 59.9 Å². The molecule has 3 aromatic rings. The van der Waals surface area contributed by atoms with Gasteiger partial charge in [-0.05, 0) is 0 Å². The van der Waals surface area contributed by atoms with Gasteiger partial charge in [-0.25, -0.2) is 0 Å². The first kappa shape index (κ1) is 20.4. The number of nitrogens with one attached hydrogen (secondary N) is 1. The molecule has 0 unspecified atom stereocenters. The van der Waals surface area contributed by atoms with Gasteiger partial charge in [0.05, 0.1) is 0 Å². The van der Waals surface area contributed by atoms with E-state index < -0.39 is 52.9 Å². The van der Waals surface area contributed by atoms with Crippen LogP contribution in [0.15, 0.2) is 57.3 Å². The van der Waals surface area contributed by atoms with Gasteiger partial charge in [0.15, 0.2) is 0 Å². The Hall–Kier alpha value is -1.90. The van der Waals surface area contributed by atoms with Gasteiger partial charge in [0.25, 0.3) is 0 Å². The molecular formula is C17H12F2IN2O5S2-. The Labute approximate surface area is 178 Å². The fourth-order valence-electron chi connectivity index (χ4n) is 2.68. The average molecular weight is 553 g/mol. The van der Waals surface area contributed by atoms with E-state index in [2.05, 4.69) is 14.4 Å². The number of hydrogen-bond donors (Lipinski definition) is 2. The van der Waals surface area contributed by atoms with Crippen LogP contribution in [0.2, 0.25) is 0 Å². The van der Waals surface area contributed by atoms with Crippen molar-refractivity contribution in [2.45, 2.75) is 18.1 Å². The standard InChI is InChI=1S/C17H12F2IN2O5S2/c18-15(19)11-8-10(21-27-11)12-6-7-13(28-12)29(25,26)22-17(16(23)24)14(20-17)9-4-2-1-3-5-9/h1-8,14-15,22H,(H,23,24)/q-1/t14-,17+/m1/s1. The second-order valence-corrected chi connectivity index (χ2v) is 12.6. The SMILES string of the molecule is O=C(O)[C@]1(NS(=O)(=O)c2ccc(-c3cc(C(F)F)on3)s2)[I-][C@@H]1c1ccccc1. The molecule has 1 aliphatic heterocycles. The number of aromatic nitrogens is 1. The molecule has 29 heavy (non-hydrogen) atoms. The number of carboxylic acid groups (broad SMARTS) is 1. The molecule has 0 amide bonds. The van der Waals surface area contributed by atoms with E-state index in [1.54, 1.807) is 30.3 Å². The summed E-state index contributed by atoms with van der Waals surface area (Å²) in [5.74, 6) is -1.83. The van der Waals surface area contributed by atoms with Gasteiger partial charge in [0.2, 0.25) is 0 Å². The minimum atomic E-state index is -4.13. The van der Waals surface area contributed by atoms with Crippen molar-refractivity contribution in [2.75, 3.05) is 0 Å². The van der Waals surface area contributed by atoms with Gasteiger partial charge >= 0.3 is 179 Å². The predicted molar refractivity (Wildman–Crippen MR) is 94.6 cm³/mol. The zero-order chi connectivity index (χ0) is 20.8. The molecular weight excluding hydrogens is 541 g/mol. The molecule has 2 aromatic heterocycles. The zero-order valence-corrected chi connectivity index (χ0v) is 18.0. The number of thiophene rings is 1. The normalized spacial score (nSPS) is 21.7. The van der Waals surface area contributed by atoms with Crippen LogP contribution in [0.1, 0.15) is 21.7 Å². The second-order valence-electron chi connectivity index (χ2n) is 6.04. The van der Waals surface area contributed by atoms with Crippen LogP contribution >= 0.6 is 11.3 Å². The number of sulfonamides is 1. The fraction of sp³-hybridized carbons (Fsp3) is 0.176. The van der Waals surface area contributed by atoms with Gasteiger partial charge in [-0.15, -0.1) is 0 Å². The van der Waals surface area contributed by atoms with Gasteiger partial charge in [0, 0.05) is 0 Å². The van der Waals surface area contributed by atoms with Crippen molar-refractivity contribution >= 4 is 27.3 Å². The van der Waals surface area contributed by atoms with Crippen LogP contribution in [0.5, 0.6) is 0 Å². The van der Waals surface area contributed by atoms with Crippen molar-refractivity contribution in [3.8, 4) is 10.6 Å². The number of halogens is 3. The molecule has 2 N–H and O–H groups in total. The van der Waals surface area contributed by atoms with Crippen LogP contribution in [0.25, 0.3) is 10.6 Å². The molecule has 12 heteroatoms. The number of carboxylic acids is 1. The summed E-state index contributed by atoms with van der Waals surface area (Å²) in [6.07, 6.45) is -2.83. The van der Waals surface area contributed by atoms with Crippen LogP contribution in [0, 0.1) is 0 Å². The quantitative estimate of drug-likeness (QED) is 0.247. The Morgan fingerprint density at radius 3 is 2.62 bits per heavy atom. The number of aliphatic carboxylic acids is 1. The molecule has 154 valence electrons. The Morgan fingerprint density at radius 1 is 1.28 bits per heavy atom. The molecule has 0 bridgehead atoms. The topological polar surface area (TPSA) is 110 Å². The molecule has 3 heterocycles. The van der Waals surface area contributed by atoms with Crippen molar-refractivity contribution in [1.82, 2.24) is 9.88 Å². The first-order valence-electron chi connectivity index (χ1n) is 8.05. The third-order valence-electron chi connectivity index (χ3n) is 4.11. The Balaban J connectivity index is 1.59. The summed E-state index contributed by atoms with van der Waals surface area (Å²) in [6.45, 7) is 0. The summed E-state index contributed by atoms with van der Waals surface area (Å²) in [6, 6.07) is 12.6. The van der Waals surface area contributed by atoms with E-state index in [1.165, 1.54) is 12.1 Å². The van der Waals surface area contributed by atoms with Crippen molar-refractivity contribution in [3.63, 3.8) is 0 Å². The Morgan fingerprint density at radius 2 is 2.00 bits per heavy atom. The van der Waals surface area contributed by atoms with E-state index in [4.69, 9.17) is 0 Å². The number of rotatable bonds is 7. The molecule has 1 aromatic carbocycles. The number of alkyl halides is 4. The molecule has 2 atom stereocenters. The maximum absolute atomic E-state index is 12.8. The molecule has 1 aliphatic rings. The summed E-state index contributed by atoms with van der Waals surface area (Å²) in [7, 11) is -4.13. The van der Waals surface area contributed by atoms with Crippen molar-refractivity contribution in [1.29, 1.82) is 0 Å². The van der Waals surface area contributed by atoms with Crippen LogP contribution in [-0.2, 0) is 14.8 Å². The molecule has 7 nitrogen and oxygen atoms in total. The van der Waals surface area contributed by atoms with Crippen LogP contribution in [0.3, 0.4) is 0 Å². The number of benzene rings is 1. The molecule has 4 rings (SSSR count). The van der Waals surface area contributed by atoms with E-state index >= 15 is 0 Å². The van der Waals surface area contributed by atoms with Crippen molar-refractivity contribution < 1.29 is 52.8 Å². The predicted octanol–water partition coefficient (Wildman–Crippen LogP) is 0.244. The van der Waals surface area contributed by atoms with Crippen LogP contribution in [0.4, 0.5) is 8.78 Å². The van der Waals surface area contributed by atoms with E-state index in [0.29, 0.717) is 4.88 Å². The molecule has 0 aliphatic carbocycles. The van der Waals surface area contributed by atoms with Gasteiger partial charge in [-0.1, -0.05) is 0 Å². The third kappa shape index (κ3) is 3.81. The average Bonchev–Trinajstić information content (AvgIpc) is 3.06. The maximum atomic E-state index is 12.8. The number of carbonyl (C=O) groups is 1. The van der Waals surface area contributed by atoms with E-state index in [0.717, 1.165) is 23.0 Å². The zero-order valence-electron chi connectivity index (χ0n) is 14.3. The van der Waals surface area contributed by atoms with E-state index in [9.17, 15) is 27.1 Å². The van der Waals surface area contributed by atoms with Crippen LogP contribution in [-0.4, -0.2) is 28.2 Å². The summed E-state index contributed by atoms with van der Waals surface area (Å²) in [4.78, 5) is 12.2. The Kier molecular flexibility index (Phi) is 5.21. The third-order valence-corrected chi connectivity index (χ3v) is 11.5. The molecule has 1 saturated heterocycles. The van der Waals surface area contributed by atoms with E-state index in [1.807, 2.05) is 0 Å². The van der Waals surface area contributed by atoms with Crippen LogP contribution < -0.4 is 25.9 Å². The summed E-state index contributed by atoms with van der Waals surface area (Å²) in [5, 5.41) is 13.2. The summed E-state index contributed by atoms with van der Waals surface area (Å²) >= 11 is -0.197. The number of nitrogens with zero attached hydrogens (tertiary/aromatic N) is 1. The monoisotopic (exact) mass is 553 g/mol. The molecule has 0 saturated carbocycles. The summed E-state index contributed by atoms with van der Waals surface area (Å²) in [5.41, 5.74) is 0.861. The second kappa shape index (κ2) is 7.41. The minimum absolute atomic E-state index is 0.0840. The van der Waals surface area contributed by atoms with Gasteiger partial charge in [0.1, 0.15) is 0 Å². The van der Waals surface area contributed by atoms with Gasteiger partial charge in [-0.2, -0.15) is 0 Å². The first-order chi connectivity index (χ1) is 13.7. The molecule has 1 fully saturated rings. The van der Waals surface area contributed by atoms with Gasteiger partial charge < -0.3 is 0 Å². The Bertz CT molecular complexity index is 1170. The molecule has 0 radical (unpaired) electrons. The van der Waals surface area contributed by atoms with E-state index in [-0.39, 0.29) is 13.8 Å². The fourth-order valence-corrected chi connectivity index (χ4v) is 9.28. The van der Waals surface area contributed by atoms with Gasteiger partial charge in [-0.3, -0.25) is 0 Å².